The number of carbonyl (C=O) groups is 2. The van der Waals surface area contributed by atoms with Crippen LogP contribution in [0.1, 0.15) is 18.4 Å². The average Bonchev–Trinajstić information content (AvgIpc) is 2.88. The number of benzene rings is 2. The second-order valence-electron chi connectivity index (χ2n) is 6.58. The summed E-state index contributed by atoms with van der Waals surface area (Å²) in [5.41, 5.74) is 2.43. The number of urea groups is 1. The van der Waals surface area contributed by atoms with E-state index in [9.17, 15) is 9.59 Å². The molecule has 0 radical (unpaired) electrons. The Morgan fingerprint density at radius 3 is 2.24 bits per heavy atom. The maximum atomic E-state index is 12.8. The minimum atomic E-state index is -0.765. The fourth-order valence-corrected chi connectivity index (χ4v) is 3.49. The molecule has 5 nitrogen and oxygen atoms in total. The van der Waals surface area contributed by atoms with Crippen LogP contribution in [0.25, 0.3) is 11.1 Å². The highest BCUT2D eigenvalue weighted by molar-refractivity contribution is 6.07. The molecule has 2 heterocycles. The predicted octanol–water partition coefficient (Wildman–Crippen LogP) is 2.95. The van der Waals surface area contributed by atoms with Gasteiger partial charge >= 0.3 is 6.03 Å². The van der Waals surface area contributed by atoms with E-state index in [1.165, 1.54) is 4.90 Å². The van der Waals surface area contributed by atoms with Gasteiger partial charge in [0.15, 0.2) is 0 Å². The van der Waals surface area contributed by atoms with E-state index in [-0.39, 0.29) is 11.9 Å². The van der Waals surface area contributed by atoms with Crippen LogP contribution in [0.2, 0.25) is 0 Å². The number of amides is 3. The summed E-state index contributed by atoms with van der Waals surface area (Å²) in [6, 6.07) is 17.8. The van der Waals surface area contributed by atoms with Gasteiger partial charge in [-0.05, 0) is 16.7 Å². The van der Waals surface area contributed by atoms with Crippen LogP contribution in [0.5, 0.6) is 0 Å². The van der Waals surface area contributed by atoms with E-state index in [2.05, 4.69) is 17.4 Å². The molecule has 2 aliphatic heterocycles. The number of hydrogen-bond acceptors (Lipinski definition) is 3. The van der Waals surface area contributed by atoms with Crippen LogP contribution in [0.15, 0.2) is 54.6 Å². The number of hydrogen-bond donors (Lipinski definition) is 1. The standard InChI is InChI=1S/C20H20N2O3/c23-18-20(10-12-25-13-11-20)21-19(24)22(18)14-15-6-8-17(9-7-15)16-4-2-1-3-5-16/h1-9H,10-14H2,(H,21,24). The summed E-state index contributed by atoms with van der Waals surface area (Å²) in [6.45, 7) is 1.31. The van der Waals surface area contributed by atoms with Crippen LogP contribution in [-0.2, 0) is 16.1 Å². The van der Waals surface area contributed by atoms with Gasteiger partial charge in [-0.1, -0.05) is 54.6 Å². The van der Waals surface area contributed by atoms with Crippen molar-refractivity contribution in [2.24, 2.45) is 0 Å². The van der Waals surface area contributed by atoms with Crippen LogP contribution in [0.4, 0.5) is 4.79 Å². The number of nitrogens with zero attached hydrogens (tertiary/aromatic N) is 1. The van der Waals surface area contributed by atoms with Crippen LogP contribution in [0.3, 0.4) is 0 Å². The lowest BCUT2D eigenvalue weighted by atomic mass is 9.90. The zero-order chi connectivity index (χ0) is 17.3. The van der Waals surface area contributed by atoms with Gasteiger partial charge in [0.2, 0.25) is 0 Å². The number of nitrogens with one attached hydrogen (secondary N) is 1. The monoisotopic (exact) mass is 336 g/mol. The summed E-state index contributed by atoms with van der Waals surface area (Å²) >= 11 is 0. The topological polar surface area (TPSA) is 58.6 Å². The molecule has 0 atom stereocenters. The molecule has 2 aliphatic rings. The van der Waals surface area contributed by atoms with Crippen molar-refractivity contribution in [3.63, 3.8) is 0 Å². The summed E-state index contributed by atoms with van der Waals surface area (Å²) < 4.78 is 5.33. The fourth-order valence-electron chi connectivity index (χ4n) is 3.49. The first-order valence-electron chi connectivity index (χ1n) is 8.54. The fraction of sp³-hybridized carbons (Fsp3) is 0.300. The zero-order valence-corrected chi connectivity index (χ0v) is 13.9. The highest BCUT2D eigenvalue weighted by atomic mass is 16.5. The first kappa shape index (κ1) is 15.8. The highest BCUT2D eigenvalue weighted by Gasteiger charge is 2.51. The van der Waals surface area contributed by atoms with Crippen LogP contribution in [0, 0.1) is 0 Å². The second kappa shape index (κ2) is 6.33. The predicted molar refractivity (Wildman–Crippen MR) is 93.7 cm³/mol. The van der Waals surface area contributed by atoms with Crippen molar-refractivity contribution < 1.29 is 14.3 Å². The minimum absolute atomic E-state index is 0.132. The molecule has 25 heavy (non-hydrogen) atoms. The summed E-state index contributed by atoms with van der Waals surface area (Å²) in [5, 5.41) is 2.88. The van der Waals surface area contributed by atoms with E-state index >= 15 is 0 Å². The van der Waals surface area contributed by atoms with Gasteiger partial charge < -0.3 is 10.1 Å². The van der Waals surface area contributed by atoms with Crippen molar-refractivity contribution in [2.45, 2.75) is 24.9 Å². The lowest BCUT2D eigenvalue weighted by molar-refractivity contribution is -0.134. The Bertz CT molecular complexity index is 780. The van der Waals surface area contributed by atoms with Crippen molar-refractivity contribution in [2.75, 3.05) is 13.2 Å². The molecule has 0 bridgehead atoms. The molecular formula is C20H20N2O3. The molecule has 1 N–H and O–H groups in total. The molecule has 128 valence electrons. The van der Waals surface area contributed by atoms with Gasteiger partial charge in [0.05, 0.1) is 6.54 Å². The number of rotatable bonds is 3. The maximum Gasteiger partial charge on any atom is 0.325 e. The first-order chi connectivity index (χ1) is 12.2. The number of ether oxygens (including phenoxy) is 1. The van der Waals surface area contributed by atoms with E-state index in [0.717, 1.165) is 16.7 Å². The smallest absolute Gasteiger partial charge is 0.325 e. The minimum Gasteiger partial charge on any atom is -0.381 e. The van der Waals surface area contributed by atoms with E-state index in [1.807, 2.05) is 42.5 Å². The van der Waals surface area contributed by atoms with Crippen LogP contribution < -0.4 is 5.32 Å². The van der Waals surface area contributed by atoms with E-state index in [1.54, 1.807) is 0 Å². The summed E-state index contributed by atoms with van der Waals surface area (Å²) in [4.78, 5) is 26.4. The van der Waals surface area contributed by atoms with E-state index in [4.69, 9.17) is 4.74 Å². The third-order valence-corrected chi connectivity index (χ3v) is 4.99. The SMILES string of the molecule is O=C1NC2(CCOCC2)C(=O)N1Cc1ccc(-c2ccccc2)cc1. The third-order valence-electron chi connectivity index (χ3n) is 4.99. The van der Waals surface area contributed by atoms with Gasteiger partial charge in [0.25, 0.3) is 5.91 Å². The largest absolute Gasteiger partial charge is 0.381 e. The van der Waals surface area contributed by atoms with Crippen molar-refractivity contribution in [1.29, 1.82) is 0 Å². The molecule has 2 aromatic rings. The summed E-state index contributed by atoms with van der Waals surface area (Å²) in [7, 11) is 0. The normalized spacial score (nSPS) is 19.3. The molecular weight excluding hydrogens is 316 g/mol. The van der Waals surface area contributed by atoms with Crippen LogP contribution >= 0.6 is 0 Å². The van der Waals surface area contributed by atoms with Crippen molar-refractivity contribution in [1.82, 2.24) is 10.2 Å². The Balaban J connectivity index is 1.50. The molecule has 2 aromatic carbocycles. The molecule has 1 spiro atoms. The molecule has 4 rings (SSSR count). The van der Waals surface area contributed by atoms with Gasteiger partial charge in [-0.15, -0.1) is 0 Å². The molecule has 2 saturated heterocycles. The van der Waals surface area contributed by atoms with Gasteiger partial charge in [-0.25, -0.2) is 4.79 Å². The Hall–Kier alpha value is -2.66. The van der Waals surface area contributed by atoms with Crippen molar-refractivity contribution in [3.8, 4) is 11.1 Å². The van der Waals surface area contributed by atoms with Crippen molar-refractivity contribution in [3.05, 3.63) is 60.2 Å². The Morgan fingerprint density at radius 2 is 1.56 bits per heavy atom. The molecule has 0 unspecified atom stereocenters. The first-order valence-corrected chi connectivity index (χ1v) is 8.54. The average molecular weight is 336 g/mol. The van der Waals surface area contributed by atoms with Crippen LogP contribution in [-0.4, -0.2) is 35.6 Å². The summed E-state index contributed by atoms with van der Waals surface area (Å²) in [5.74, 6) is -0.132. The number of imide groups is 1. The third kappa shape index (κ3) is 2.91. The molecule has 5 heteroatoms. The molecule has 0 aromatic heterocycles. The Morgan fingerprint density at radius 1 is 0.920 bits per heavy atom. The van der Waals surface area contributed by atoms with Crippen molar-refractivity contribution >= 4 is 11.9 Å². The molecule has 3 amide bonds. The molecule has 2 fully saturated rings. The Kier molecular flexibility index (Phi) is 4.01. The maximum absolute atomic E-state index is 12.8. The zero-order valence-electron chi connectivity index (χ0n) is 13.9. The van der Waals surface area contributed by atoms with Gasteiger partial charge in [0.1, 0.15) is 5.54 Å². The van der Waals surface area contributed by atoms with E-state index in [0.29, 0.717) is 32.6 Å². The van der Waals surface area contributed by atoms with Gasteiger partial charge in [-0.3, -0.25) is 9.69 Å². The number of carbonyl (C=O) groups excluding carboxylic acids is 2. The lowest BCUT2D eigenvalue weighted by Gasteiger charge is -2.30. The van der Waals surface area contributed by atoms with E-state index < -0.39 is 5.54 Å². The molecule has 0 aliphatic carbocycles. The molecule has 0 saturated carbocycles. The highest BCUT2D eigenvalue weighted by Crippen LogP contribution is 2.29. The van der Waals surface area contributed by atoms with Gasteiger partial charge in [0, 0.05) is 26.1 Å². The Labute approximate surface area is 146 Å². The quantitative estimate of drug-likeness (QED) is 0.877. The lowest BCUT2D eigenvalue weighted by Crippen LogP contribution is -2.51. The van der Waals surface area contributed by atoms with Gasteiger partial charge in [-0.2, -0.15) is 0 Å². The second-order valence-corrected chi connectivity index (χ2v) is 6.58. The summed E-state index contributed by atoms with van der Waals surface area (Å²) in [6.07, 6.45) is 1.09.